The molecule has 0 bridgehead atoms. The molecule has 2 aromatic carbocycles. The van der Waals surface area contributed by atoms with Crippen LogP contribution in [0.4, 0.5) is 13.2 Å². The smallest absolute Gasteiger partial charge is 0.348 e. The van der Waals surface area contributed by atoms with Crippen LogP contribution < -0.4 is 10.0 Å². The summed E-state index contributed by atoms with van der Waals surface area (Å²) >= 11 is 0. The van der Waals surface area contributed by atoms with Gasteiger partial charge in [-0.15, -0.1) is 6.42 Å². The molecule has 0 atom stereocenters. The molecule has 34 heavy (non-hydrogen) atoms. The van der Waals surface area contributed by atoms with Crippen LogP contribution >= 0.6 is 0 Å². The fraction of sp³-hybridized carbons (Fsp3) is 0.217. The van der Waals surface area contributed by atoms with Crippen LogP contribution in [0.1, 0.15) is 32.9 Å². The van der Waals surface area contributed by atoms with Crippen molar-refractivity contribution in [2.24, 2.45) is 0 Å². The molecule has 0 saturated heterocycles. The number of carbonyl (C=O) groups is 1. The number of hydrogen-bond acceptors (Lipinski definition) is 4. The van der Waals surface area contributed by atoms with Gasteiger partial charge in [0, 0.05) is 17.8 Å². The molecule has 7 nitrogen and oxygen atoms in total. The van der Waals surface area contributed by atoms with E-state index in [0.29, 0.717) is 11.4 Å². The number of aromatic nitrogens is 2. The largest absolute Gasteiger partial charge is 0.416 e. The number of nitrogens with one attached hydrogen (secondary N) is 2. The number of sulfonamides is 1. The summed E-state index contributed by atoms with van der Waals surface area (Å²) in [5.41, 5.74) is 0.499. The first-order chi connectivity index (χ1) is 15.9. The highest BCUT2D eigenvalue weighted by atomic mass is 32.2. The lowest BCUT2D eigenvalue weighted by molar-refractivity contribution is -0.138. The summed E-state index contributed by atoms with van der Waals surface area (Å²) in [6, 6.07) is 10.6. The van der Waals surface area contributed by atoms with Gasteiger partial charge in [0.05, 0.1) is 28.4 Å². The Hall–Kier alpha value is -3.62. The Morgan fingerprint density at radius 1 is 1.15 bits per heavy atom. The molecule has 1 heterocycles. The van der Waals surface area contributed by atoms with E-state index in [1.165, 1.54) is 35.0 Å². The lowest BCUT2D eigenvalue weighted by atomic mass is 10.1. The van der Waals surface area contributed by atoms with Gasteiger partial charge in [-0.25, -0.2) is 13.1 Å². The number of alkyl halides is 3. The fourth-order valence-electron chi connectivity index (χ4n) is 3.31. The number of aryl methyl sites for hydroxylation is 2. The van der Waals surface area contributed by atoms with E-state index >= 15 is 0 Å². The van der Waals surface area contributed by atoms with Gasteiger partial charge >= 0.3 is 6.18 Å². The maximum Gasteiger partial charge on any atom is 0.416 e. The molecule has 0 fully saturated rings. The third-order valence-corrected chi connectivity index (χ3v) is 6.26. The number of rotatable bonds is 7. The highest BCUT2D eigenvalue weighted by molar-refractivity contribution is 7.89. The van der Waals surface area contributed by atoms with Crippen LogP contribution in [0.25, 0.3) is 5.69 Å². The molecule has 0 unspecified atom stereocenters. The number of halogens is 3. The molecule has 0 radical (unpaired) electrons. The minimum atomic E-state index is -4.66. The van der Waals surface area contributed by atoms with E-state index in [9.17, 15) is 26.4 Å². The molecule has 3 aromatic rings. The second kappa shape index (κ2) is 9.70. The molecular weight excluding hydrogens is 469 g/mol. The predicted molar refractivity (Wildman–Crippen MR) is 120 cm³/mol. The summed E-state index contributed by atoms with van der Waals surface area (Å²) < 4.78 is 69.2. The summed E-state index contributed by atoms with van der Waals surface area (Å²) in [7, 11) is -3.93. The van der Waals surface area contributed by atoms with Crippen LogP contribution in [0.15, 0.2) is 53.4 Å². The van der Waals surface area contributed by atoms with Crippen molar-refractivity contribution in [3.63, 3.8) is 0 Å². The van der Waals surface area contributed by atoms with E-state index in [1.807, 2.05) is 0 Å². The van der Waals surface area contributed by atoms with Crippen molar-refractivity contribution in [3.05, 3.63) is 76.6 Å². The van der Waals surface area contributed by atoms with Gasteiger partial charge in [0.25, 0.3) is 5.91 Å². The standard InChI is InChI=1S/C23H21F3N4O3S/c1-4-10-28-34(32,33)20-7-5-6-17(12-20)22(31)27-14-18-8-9-19(13-21(18)23(24,25)26)30-16(3)11-15(2)29-30/h1,5-9,11-13,28H,10,14H2,2-3H3,(H,27,31). The van der Waals surface area contributed by atoms with Crippen molar-refractivity contribution in [3.8, 4) is 18.0 Å². The van der Waals surface area contributed by atoms with Gasteiger partial charge < -0.3 is 5.32 Å². The van der Waals surface area contributed by atoms with E-state index in [4.69, 9.17) is 6.42 Å². The molecule has 178 valence electrons. The zero-order valence-electron chi connectivity index (χ0n) is 18.3. The molecule has 3 rings (SSSR count). The summed E-state index contributed by atoms with van der Waals surface area (Å²) in [6.07, 6.45) is 0.390. The van der Waals surface area contributed by atoms with Crippen molar-refractivity contribution in [1.29, 1.82) is 0 Å². The molecule has 0 aliphatic carbocycles. The van der Waals surface area contributed by atoms with Crippen molar-refractivity contribution in [2.45, 2.75) is 31.5 Å². The Labute approximate surface area is 195 Å². The number of benzene rings is 2. The highest BCUT2D eigenvalue weighted by Gasteiger charge is 2.34. The van der Waals surface area contributed by atoms with Crippen LogP contribution in [-0.2, 0) is 22.7 Å². The third kappa shape index (κ3) is 5.65. The minimum absolute atomic E-state index is 0.0311. The summed E-state index contributed by atoms with van der Waals surface area (Å²) in [5.74, 6) is 1.41. The molecule has 1 amide bonds. The van der Waals surface area contributed by atoms with Crippen molar-refractivity contribution < 1.29 is 26.4 Å². The first kappa shape index (κ1) is 25.0. The molecule has 2 N–H and O–H groups in total. The third-order valence-electron chi connectivity index (χ3n) is 4.86. The highest BCUT2D eigenvalue weighted by Crippen LogP contribution is 2.33. The predicted octanol–water partition coefficient (Wildman–Crippen LogP) is 3.35. The fourth-order valence-corrected chi connectivity index (χ4v) is 4.29. The van der Waals surface area contributed by atoms with Crippen molar-refractivity contribution >= 4 is 15.9 Å². The van der Waals surface area contributed by atoms with Gasteiger partial charge in [0.2, 0.25) is 10.0 Å². The lowest BCUT2D eigenvalue weighted by Gasteiger charge is -2.16. The van der Waals surface area contributed by atoms with Gasteiger partial charge in [0.15, 0.2) is 0 Å². The van der Waals surface area contributed by atoms with Crippen LogP contribution in [0.2, 0.25) is 0 Å². The summed E-state index contributed by atoms with van der Waals surface area (Å²) in [4.78, 5) is 12.4. The molecule has 0 aliphatic rings. The van der Waals surface area contributed by atoms with Gasteiger partial charge in [-0.3, -0.25) is 4.79 Å². The second-order valence-electron chi connectivity index (χ2n) is 7.42. The topological polar surface area (TPSA) is 93.1 Å². The van der Waals surface area contributed by atoms with Gasteiger partial charge in [-0.2, -0.15) is 23.0 Å². The average Bonchev–Trinajstić information content (AvgIpc) is 3.13. The van der Waals surface area contributed by atoms with Crippen molar-refractivity contribution in [2.75, 3.05) is 6.54 Å². The van der Waals surface area contributed by atoms with Crippen LogP contribution in [0.3, 0.4) is 0 Å². The second-order valence-corrected chi connectivity index (χ2v) is 9.18. The van der Waals surface area contributed by atoms with Crippen LogP contribution in [-0.4, -0.2) is 30.7 Å². The summed E-state index contributed by atoms with van der Waals surface area (Å²) in [6.45, 7) is 2.82. The van der Waals surface area contributed by atoms with Crippen LogP contribution in [0, 0.1) is 26.2 Å². The Morgan fingerprint density at radius 2 is 1.88 bits per heavy atom. The zero-order chi connectivity index (χ0) is 25.1. The zero-order valence-corrected chi connectivity index (χ0v) is 19.1. The molecule has 1 aromatic heterocycles. The van der Waals surface area contributed by atoms with Gasteiger partial charge in [-0.1, -0.05) is 18.1 Å². The van der Waals surface area contributed by atoms with Gasteiger partial charge in [-0.05, 0) is 55.8 Å². The first-order valence-corrected chi connectivity index (χ1v) is 11.5. The molecule has 0 aliphatic heterocycles. The molecule has 0 saturated carbocycles. The SMILES string of the molecule is C#CCNS(=O)(=O)c1cccc(C(=O)NCc2ccc(-n3nc(C)cc3C)cc2C(F)(F)F)c1. The van der Waals surface area contributed by atoms with E-state index in [-0.39, 0.29) is 28.3 Å². The number of carbonyl (C=O) groups excluding carboxylic acids is 1. The quantitative estimate of drug-likeness (QED) is 0.497. The lowest BCUT2D eigenvalue weighted by Crippen LogP contribution is -2.26. The Balaban J connectivity index is 1.84. The maximum absolute atomic E-state index is 13.8. The van der Waals surface area contributed by atoms with Crippen molar-refractivity contribution in [1.82, 2.24) is 19.8 Å². The Kier molecular flexibility index (Phi) is 7.14. The van der Waals surface area contributed by atoms with Gasteiger partial charge in [0.1, 0.15) is 0 Å². The number of hydrogen-bond donors (Lipinski definition) is 2. The average molecular weight is 491 g/mol. The molecule has 0 spiro atoms. The minimum Gasteiger partial charge on any atom is -0.348 e. The maximum atomic E-state index is 13.8. The van der Waals surface area contributed by atoms with E-state index < -0.39 is 34.2 Å². The first-order valence-electron chi connectivity index (χ1n) is 9.97. The Morgan fingerprint density at radius 3 is 2.50 bits per heavy atom. The number of terminal acetylenes is 1. The summed E-state index contributed by atoms with van der Waals surface area (Å²) in [5, 5.41) is 6.62. The molecule has 11 heteroatoms. The van der Waals surface area contributed by atoms with E-state index in [1.54, 1.807) is 19.9 Å². The van der Waals surface area contributed by atoms with Crippen LogP contribution in [0.5, 0.6) is 0 Å². The normalized spacial score (nSPS) is 11.8. The monoisotopic (exact) mass is 490 g/mol. The van der Waals surface area contributed by atoms with E-state index in [2.05, 4.69) is 21.1 Å². The number of nitrogens with zero attached hydrogens (tertiary/aromatic N) is 2. The Bertz CT molecular complexity index is 1370. The number of amides is 1. The molecular formula is C23H21F3N4O3S. The van der Waals surface area contributed by atoms with E-state index in [0.717, 1.165) is 12.1 Å².